The molecule has 1 aliphatic rings. The first-order chi connectivity index (χ1) is 9.24. The van der Waals surface area contributed by atoms with Gasteiger partial charge in [-0.05, 0) is 44.1 Å². The van der Waals surface area contributed by atoms with Crippen LogP contribution in [0.25, 0.3) is 11.0 Å². The number of nitrogens with zero attached hydrogens (tertiary/aromatic N) is 3. The molecular formula is C15H22BrN3. The second-order valence-electron chi connectivity index (χ2n) is 4.70. The molecule has 0 aliphatic carbocycles. The number of likely N-dealkylation sites (tertiary alicyclic amines) is 1. The fourth-order valence-electron chi connectivity index (χ4n) is 2.50. The van der Waals surface area contributed by atoms with Crippen LogP contribution in [0.4, 0.5) is 0 Å². The number of fused-ring (bicyclic) bond motifs is 1. The third-order valence-corrected chi connectivity index (χ3v) is 3.99. The predicted molar refractivity (Wildman–Crippen MR) is 84.3 cm³/mol. The van der Waals surface area contributed by atoms with Crippen molar-refractivity contribution in [1.29, 1.82) is 0 Å². The molecule has 2 heterocycles. The molecule has 1 aromatic carbocycles. The molecule has 3 nitrogen and oxygen atoms in total. The van der Waals surface area contributed by atoms with Gasteiger partial charge < -0.3 is 4.57 Å². The van der Waals surface area contributed by atoms with Crippen LogP contribution in [0.3, 0.4) is 0 Å². The quantitative estimate of drug-likeness (QED) is 0.834. The maximum atomic E-state index is 4.72. The van der Waals surface area contributed by atoms with E-state index in [2.05, 4.69) is 50.6 Å². The number of halogens is 1. The highest BCUT2D eigenvalue weighted by Gasteiger charge is 2.15. The summed E-state index contributed by atoms with van der Waals surface area (Å²) in [7, 11) is 2.10. The van der Waals surface area contributed by atoms with Gasteiger partial charge in [-0.2, -0.15) is 0 Å². The maximum absolute atomic E-state index is 4.72. The van der Waals surface area contributed by atoms with Gasteiger partial charge in [-0.15, -0.1) is 0 Å². The lowest BCUT2D eigenvalue weighted by atomic mass is 10.3. The highest BCUT2D eigenvalue weighted by atomic mass is 79.9. The van der Waals surface area contributed by atoms with Gasteiger partial charge in [0.1, 0.15) is 5.82 Å². The van der Waals surface area contributed by atoms with Crippen LogP contribution in [0.5, 0.6) is 0 Å². The molecule has 0 unspecified atom stereocenters. The van der Waals surface area contributed by atoms with Crippen LogP contribution in [0.1, 0.15) is 32.5 Å². The van der Waals surface area contributed by atoms with Crippen molar-refractivity contribution in [1.82, 2.24) is 14.5 Å². The largest absolute Gasteiger partial charge is 0.330 e. The Bertz CT molecular complexity index is 542. The molecule has 1 aliphatic heterocycles. The highest BCUT2D eigenvalue weighted by Crippen LogP contribution is 2.21. The van der Waals surface area contributed by atoms with Crippen molar-refractivity contribution in [3.63, 3.8) is 0 Å². The Balaban J connectivity index is 0.000000637. The lowest BCUT2D eigenvalue weighted by Crippen LogP contribution is -2.20. The van der Waals surface area contributed by atoms with Crippen molar-refractivity contribution in [3.05, 3.63) is 28.5 Å². The molecular weight excluding hydrogens is 302 g/mol. The van der Waals surface area contributed by atoms with Crippen LogP contribution in [0.2, 0.25) is 0 Å². The Labute approximate surface area is 123 Å². The van der Waals surface area contributed by atoms with E-state index in [0.29, 0.717) is 0 Å². The van der Waals surface area contributed by atoms with Crippen molar-refractivity contribution in [3.8, 4) is 0 Å². The summed E-state index contributed by atoms with van der Waals surface area (Å²) in [6.07, 6.45) is 2.66. The predicted octanol–water partition coefficient (Wildman–Crippen LogP) is 3.96. The maximum Gasteiger partial charge on any atom is 0.123 e. The third kappa shape index (κ3) is 3.18. The summed E-state index contributed by atoms with van der Waals surface area (Å²) in [5, 5.41) is 0. The van der Waals surface area contributed by atoms with E-state index < -0.39 is 0 Å². The summed E-state index contributed by atoms with van der Waals surface area (Å²) in [6, 6.07) is 6.26. The monoisotopic (exact) mass is 323 g/mol. The van der Waals surface area contributed by atoms with Crippen LogP contribution in [-0.2, 0) is 13.6 Å². The molecule has 104 valence electrons. The van der Waals surface area contributed by atoms with Crippen molar-refractivity contribution in [2.75, 3.05) is 13.1 Å². The van der Waals surface area contributed by atoms with E-state index in [1.54, 1.807) is 0 Å². The first kappa shape index (κ1) is 14.5. The molecule has 0 amide bonds. The van der Waals surface area contributed by atoms with E-state index in [1.807, 2.05) is 13.8 Å². The number of aryl methyl sites for hydroxylation is 1. The lowest BCUT2D eigenvalue weighted by molar-refractivity contribution is 0.319. The summed E-state index contributed by atoms with van der Waals surface area (Å²) in [5.41, 5.74) is 2.29. The molecule has 0 N–H and O–H groups in total. The Morgan fingerprint density at radius 3 is 2.58 bits per heavy atom. The number of hydrogen-bond donors (Lipinski definition) is 0. The fraction of sp³-hybridized carbons (Fsp3) is 0.533. The van der Waals surface area contributed by atoms with E-state index in [0.717, 1.165) is 16.5 Å². The first-order valence-corrected chi connectivity index (χ1v) is 7.86. The normalized spacial score (nSPS) is 15.6. The molecule has 0 atom stereocenters. The first-order valence-electron chi connectivity index (χ1n) is 7.07. The van der Waals surface area contributed by atoms with Gasteiger partial charge in [-0.25, -0.2) is 4.98 Å². The van der Waals surface area contributed by atoms with E-state index in [-0.39, 0.29) is 0 Å². The number of imidazole rings is 1. The zero-order valence-electron chi connectivity index (χ0n) is 12.0. The molecule has 0 spiro atoms. The minimum Gasteiger partial charge on any atom is -0.330 e. The van der Waals surface area contributed by atoms with Crippen molar-refractivity contribution in [2.45, 2.75) is 33.2 Å². The topological polar surface area (TPSA) is 21.1 Å². The van der Waals surface area contributed by atoms with Crippen molar-refractivity contribution in [2.24, 2.45) is 7.05 Å². The van der Waals surface area contributed by atoms with Crippen LogP contribution in [-0.4, -0.2) is 27.5 Å². The molecule has 1 aromatic heterocycles. The van der Waals surface area contributed by atoms with Gasteiger partial charge >= 0.3 is 0 Å². The molecule has 0 radical (unpaired) electrons. The van der Waals surface area contributed by atoms with E-state index in [4.69, 9.17) is 4.98 Å². The number of benzene rings is 1. The van der Waals surface area contributed by atoms with E-state index in [9.17, 15) is 0 Å². The minimum atomic E-state index is 0.975. The Morgan fingerprint density at radius 1 is 1.21 bits per heavy atom. The second-order valence-corrected chi connectivity index (χ2v) is 5.62. The second kappa shape index (κ2) is 6.53. The van der Waals surface area contributed by atoms with Gasteiger partial charge in [-0.3, -0.25) is 4.90 Å². The molecule has 4 heteroatoms. The van der Waals surface area contributed by atoms with Crippen LogP contribution in [0.15, 0.2) is 22.7 Å². The number of hydrogen-bond acceptors (Lipinski definition) is 2. The molecule has 1 saturated heterocycles. The summed E-state index contributed by atoms with van der Waals surface area (Å²) in [4.78, 5) is 7.20. The average molecular weight is 324 g/mol. The summed E-state index contributed by atoms with van der Waals surface area (Å²) in [5.74, 6) is 1.17. The third-order valence-electron chi connectivity index (χ3n) is 3.50. The Hall–Kier alpha value is -0.870. The zero-order valence-corrected chi connectivity index (χ0v) is 13.6. The Morgan fingerprint density at radius 2 is 1.89 bits per heavy atom. The molecule has 1 fully saturated rings. The van der Waals surface area contributed by atoms with Gasteiger partial charge in [0.05, 0.1) is 17.6 Å². The zero-order chi connectivity index (χ0) is 13.8. The van der Waals surface area contributed by atoms with Crippen molar-refractivity contribution >= 4 is 27.0 Å². The molecule has 0 bridgehead atoms. The summed E-state index contributed by atoms with van der Waals surface area (Å²) < 4.78 is 3.32. The fourth-order valence-corrected chi connectivity index (χ4v) is 2.84. The van der Waals surface area contributed by atoms with Gasteiger partial charge in [0.25, 0.3) is 0 Å². The number of rotatable bonds is 2. The van der Waals surface area contributed by atoms with Gasteiger partial charge in [0.2, 0.25) is 0 Å². The van der Waals surface area contributed by atoms with E-state index >= 15 is 0 Å². The van der Waals surface area contributed by atoms with Crippen molar-refractivity contribution < 1.29 is 0 Å². The summed E-state index contributed by atoms with van der Waals surface area (Å²) in [6.45, 7) is 7.41. The molecule has 3 rings (SSSR count). The minimum absolute atomic E-state index is 0.975. The SMILES string of the molecule is CC.Cn1c(CN2CCCC2)nc2ccc(Br)cc21. The number of aromatic nitrogens is 2. The van der Waals surface area contributed by atoms with Gasteiger partial charge in [-0.1, -0.05) is 29.8 Å². The summed E-state index contributed by atoms with van der Waals surface area (Å²) >= 11 is 3.51. The Kier molecular flexibility index (Phi) is 4.99. The van der Waals surface area contributed by atoms with Crippen LogP contribution < -0.4 is 0 Å². The smallest absolute Gasteiger partial charge is 0.123 e. The molecule has 2 aromatic rings. The van der Waals surface area contributed by atoms with Crippen LogP contribution >= 0.6 is 15.9 Å². The van der Waals surface area contributed by atoms with Gasteiger partial charge in [0.15, 0.2) is 0 Å². The standard InChI is InChI=1S/C13H16BrN3.C2H6/c1-16-12-8-10(14)4-5-11(12)15-13(16)9-17-6-2-3-7-17;1-2/h4-5,8H,2-3,6-7,9H2,1H3;1-2H3. The average Bonchev–Trinajstić information content (AvgIpc) is 3.03. The van der Waals surface area contributed by atoms with Crippen LogP contribution in [0, 0.1) is 0 Å². The van der Waals surface area contributed by atoms with Gasteiger partial charge in [0, 0.05) is 11.5 Å². The highest BCUT2D eigenvalue weighted by molar-refractivity contribution is 9.10. The lowest BCUT2D eigenvalue weighted by Gasteiger charge is -2.13. The molecule has 19 heavy (non-hydrogen) atoms. The molecule has 0 saturated carbocycles. The van der Waals surface area contributed by atoms with E-state index in [1.165, 1.54) is 37.3 Å².